The van der Waals surface area contributed by atoms with Gasteiger partial charge in [0.25, 0.3) is 0 Å². The van der Waals surface area contributed by atoms with E-state index in [1.54, 1.807) is 0 Å². The number of likely N-dealkylation sites (N-methyl/N-ethyl adjacent to an activating group) is 1. The van der Waals surface area contributed by atoms with Crippen LogP contribution in [-0.2, 0) is 4.79 Å². The number of hydrogen-bond donors (Lipinski definition) is 1. The Morgan fingerprint density at radius 1 is 1.04 bits per heavy atom. The summed E-state index contributed by atoms with van der Waals surface area (Å²) >= 11 is 0. The molecule has 0 aliphatic heterocycles. The summed E-state index contributed by atoms with van der Waals surface area (Å²) in [5, 5.41) is 9.12. The molecule has 0 aromatic heterocycles. The van der Waals surface area contributed by atoms with Crippen molar-refractivity contribution in [1.82, 2.24) is 4.90 Å². The zero-order valence-electron chi connectivity index (χ0n) is 13.4. The summed E-state index contributed by atoms with van der Waals surface area (Å²) in [6.45, 7) is 1.46. The van der Waals surface area contributed by atoms with Crippen molar-refractivity contribution in [3.8, 4) is 5.75 Å². The lowest BCUT2D eigenvalue weighted by Crippen LogP contribution is -2.19. The smallest absolute Gasteiger partial charge is 0.328 e. The van der Waals surface area contributed by atoms with Crippen molar-refractivity contribution in [1.29, 1.82) is 0 Å². The van der Waals surface area contributed by atoms with Crippen LogP contribution in [0.1, 0.15) is 11.1 Å². The average molecular weight is 311 g/mol. The molecule has 0 heterocycles. The molecule has 0 unspecified atom stereocenters. The molecule has 0 radical (unpaired) electrons. The molecule has 0 amide bonds. The average Bonchev–Trinajstić information content (AvgIpc) is 2.54. The number of carboxylic acids is 1. The number of ether oxygens (including phenoxy) is 1. The van der Waals surface area contributed by atoms with Gasteiger partial charge in [-0.3, -0.25) is 0 Å². The molecule has 2 aromatic rings. The largest absolute Gasteiger partial charge is 0.492 e. The van der Waals surface area contributed by atoms with E-state index in [4.69, 9.17) is 9.84 Å². The van der Waals surface area contributed by atoms with E-state index in [0.29, 0.717) is 12.2 Å². The molecule has 1 N–H and O–H groups in total. The van der Waals surface area contributed by atoms with Crippen molar-refractivity contribution in [3.05, 3.63) is 71.8 Å². The van der Waals surface area contributed by atoms with Crippen molar-refractivity contribution in [2.75, 3.05) is 27.2 Å². The highest BCUT2D eigenvalue weighted by Gasteiger charge is 2.07. The fourth-order valence-electron chi connectivity index (χ4n) is 2.15. The molecule has 0 aliphatic carbocycles. The van der Waals surface area contributed by atoms with Crippen LogP contribution in [0.15, 0.2) is 60.7 Å². The van der Waals surface area contributed by atoms with Crippen molar-refractivity contribution in [2.24, 2.45) is 0 Å². The van der Waals surface area contributed by atoms with E-state index in [1.807, 2.05) is 68.7 Å². The van der Waals surface area contributed by atoms with Gasteiger partial charge in [0.05, 0.1) is 0 Å². The predicted octanol–water partition coefficient (Wildman–Crippen LogP) is 3.14. The van der Waals surface area contributed by atoms with Crippen LogP contribution in [0.5, 0.6) is 5.75 Å². The summed E-state index contributed by atoms with van der Waals surface area (Å²) in [4.78, 5) is 13.2. The zero-order valence-corrected chi connectivity index (χ0v) is 13.4. The molecule has 2 aromatic carbocycles. The lowest BCUT2D eigenvalue weighted by molar-refractivity contribution is -0.131. The third-order valence-electron chi connectivity index (χ3n) is 3.33. The molecule has 4 heteroatoms. The SMILES string of the molecule is CN(C)CCOc1ccc(/C(=C/C(=O)O)c2ccccc2)cc1. The topological polar surface area (TPSA) is 49.8 Å². The number of carbonyl (C=O) groups is 1. The maximum Gasteiger partial charge on any atom is 0.328 e. The Morgan fingerprint density at radius 3 is 2.22 bits per heavy atom. The minimum Gasteiger partial charge on any atom is -0.492 e. The Balaban J connectivity index is 2.19. The van der Waals surface area contributed by atoms with E-state index in [-0.39, 0.29) is 0 Å². The van der Waals surface area contributed by atoms with Crippen LogP contribution in [0.2, 0.25) is 0 Å². The number of rotatable bonds is 7. The Hall–Kier alpha value is -2.59. The van der Waals surface area contributed by atoms with E-state index >= 15 is 0 Å². The Bertz CT molecular complexity index is 661. The van der Waals surface area contributed by atoms with Gasteiger partial charge in [0.15, 0.2) is 0 Å². The molecule has 0 spiro atoms. The number of benzene rings is 2. The molecule has 4 nitrogen and oxygen atoms in total. The maximum absolute atomic E-state index is 11.1. The highest BCUT2D eigenvalue weighted by atomic mass is 16.5. The maximum atomic E-state index is 11.1. The number of nitrogens with zero attached hydrogens (tertiary/aromatic N) is 1. The van der Waals surface area contributed by atoms with Crippen molar-refractivity contribution >= 4 is 11.5 Å². The van der Waals surface area contributed by atoms with Gasteiger partial charge in [-0.25, -0.2) is 4.79 Å². The minimum atomic E-state index is -0.963. The predicted molar refractivity (Wildman–Crippen MR) is 91.6 cm³/mol. The fraction of sp³-hybridized carbons (Fsp3) is 0.211. The van der Waals surface area contributed by atoms with Crippen molar-refractivity contribution < 1.29 is 14.6 Å². The van der Waals surface area contributed by atoms with Crippen LogP contribution >= 0.6 is 0 Å². The normalized spacial score (nSPS) is 11.5. The first kappa shape index (κ1) is 16.8. The van der Waals surface area contributed by atoms with Gasteiger partial charge in [0.1, 0.15) is 12.4 Å². The van der Waals surface area contributed by atoms with Crippen LogP contribution in [-0.4, -0.2) is 43.2 Å². The molecule has 0 aliphatic rings. The van der Waals surface area contributed by atoms with Crippen LogP contribution < -0.4 is 4.74 Å². The molecule has 0 saturated heterocycles. The molecule has 2 rings (SSSR count). The third-order valence-corrected chi connectivity index (χ3v) is 3.33. The summed E-state index contributed by atoms with van der Waals surface area (Å²) < 4.78 is 5.66. The number of hydrogen-bond acceptors (Lipinski definition) is 3. The summed E-state index contributed by atoms with van der Waals surface area (Å²) in [6, 6.07) is 17.0. The van der Waals surface area contributed by atoms with E-state index in [9.17, 15) is 4.79 Å². The quantitative estimate of drug-likeness (QED) is 0.798. The van der Waals surface area contributed by atoms with Gasteiger partial charge >= 0.3 is 5.97 Å². The second-order valence-corrected chi connectivity index (χ2v) is 5.44. The first-order chi connectivity index (χ1) is 11.1. The van der Waals surface area contributed by atoms with E-state index in [0.717, 1.165) is 23.4 Å². The molecule has 0 fully saturated rings. The lowest BCUT2D eigenvalue weighted by Gasteiger charge is -2.12. The van der Waals surface area contributed by atoms with Crippen LogP contribution in [0.4, 0.5) is 0 Å². The fourth-order valence-corrected chi connectivity index (χ4v) is 2.15. The molecular weight excluding hydrogens is 290 g/mol. The first-order valence-corrected chi connectivity index (χ1v) is 7.44. The van der Waals surface area contributed by atoms with Gasteiger partial charge in [0.2, 0.25) is 0 Å². The summed E-state index contributed by atoms with van der Waals surface area (Å²) in [6.07, 6.45) is 1.23. The van der Waals surface area contributed by atoms with E-state index < -0.39 is 5.97 Å². The Morgan fingerprint density at radius 2 is 1.65 bits per heavy atom. The third kappa shape index (κ3) is 5.27. The summed E-state index contributed by atoms with van der Waals surface area (Å²) in [5.74, 6) is -0.187. The Labute approximate surface area is 136 Å². The highest BCUT2D eigenvalue weighted by Crippen LogP contribution is 2.25. The second kappa shape index (κ2) is 8.15. The molecule has 23 heavy (non-hydrogen) atoms. The van der Waals surface area contributed by atoms with Crippen molar-refractivity contribution in [3.63, 3.8) is 0 Å². The lowest BCUT2D eigenvalue weighted by atomic mass is 9.97. The number of aliphatic carboxylic acids is 1. The summed E-state index contributed by atoms with van der Waals surface area (Å²) in [5.41, 5.74) is 2.40. The molecule has 0 saturated carbocycles. The van der Waals surface area contributed by atoms with Crippen molar-refractivity contribution in [2.45, 2.75) is 0 Å². The van der Waals surface area contributed by atoms with Gasteiger partial charge in [-0.15, -0.1) is 0 Å². The second-order valence-electron chi connectivity index (χ2n) is 5.44. The van der Waals surface area contributed by atoms with E-state index in [1.165, 1.54) is 6.08 Å². The first-order valence-electron chi connectivity index (χ1n) is 7.44. The molecule has 0 bridgehead atoms. The van der Waals surface area contributed by atoms with Crippen LogP contribution in [0, 0.1) is 0 Å². The molecule has 120 valence electrons. The van der Waals surface area contributed by atoms with Gasteiger partial charge in [-0.1, -0.05) is 42.5 Å². The standard InChI is InChI=1S/C19H21NO3/c1-20(2)12-13-23-17-10-8-16(9-11-17)18(14-19(21)22)15-6-4-3-5-7-15/h3-11,14H,12-13H2,1-2H3,(H,21,22)/b18-14+. The highest BCUT2D eigenvalue weighted by molar-refractivity contribution is 5.95. The van der Waals surface area contributed by atoms with Gasteiger partial charge in [-0.05, 0) is 42.9 Å². The molecular formula is C19H21NO3. The zero-order chi connectivity index (χ0) is 16.7. The Kier molecular flexibility index (Phi) is 5.94. The minimum absolute atomic E-state index is 0.614. The van der Waals surface area contributed by atoms with Crippen LogP contribution in [0.25, 0.3) is 5.57 Å². The summed E-state index contributed by atoms with van der Waals surface area (Å²) in [7, 11) is 3.99. The van der Waals surface area contributed by atoms with Gasteiger partial charge in [0, 0.05) is 12.6 Å². The molecule has 0 atom stereocenters. The van der Waals surface area contributed by atoms with Gasteiger partial charge < -0.3 is 14.7 Å². The van der Waals surface area contributed by atoms with Crippen LogP contribution in [0.3, 0.4) is 0 Å². The van der Waals surface area contributed by atoms with E-state index in [2.05, 4.69) is 4.90 Å². The van der Waals surface area contributed by atoms with Gasteiger partial charge in [-0.2, -0.15) is 0 Å². The number of carboxylic acid groups (broad SMARTS) is 1. The monoisotopic (exact) mass is 311 g/mol.